The first-order valence-corrected chi connectivity index (χ1v) is 7.82. The minimum absolute atomic E-state index is 0. The Bertz CT molecular complexity index is 347. The predicted octanol–water partition coefficient (Wildman–Crippen LogP) is 0.679. The molecule has 1 unspecified atom stereocenters. The van der Waals surface area contributed by atoms with E-state index in [2.05, 4.69) is 5.32 Å². The largest absolute Gasteiger partial charge is 0.314 e. The van der Waals surface area contributed by atoms with Crippen LogP contribution in [0.5, 0.6) is 0 Å². The fraction of sp³-hybridized carbons (Fsp3) is 1.00. The number of hydrogen-bond acceptors (Lipinski definition) is 3. The van der Waals surface area contributed by atoms with Crippen LogP contribution in [0.2, 0.25) is 0 Å². The summed E-state index contributed by atoms with van der Waals surface area (Å²) in [5.74, 6) is 0.658. The molecular weight excluding hydrogens is 274 g/mol. The molecule has 0 aliphatic carbocycles. The van der Waals surface area contributed by atoms with Gasteiger partial charge in [0.15, 0.2) is 0 Å². The zero-order valence-electron chi connectivity index (χ0n) is 11.1. The molecular formula is C11H24ClN3O2S. The van der Waals surface area contributed by atoms with Crippen molar-refractivity contribution < 1.29 is 8.42 Å². The Morgan fingerprint density at radius 2 is 1.78 bits per heavy atom. The maximum atomic E-state index is 11.9. The van der Waals surface area contributed by atoms with E-state index in [1.54, 1.807) is 18.4 Å². The van der Waals surface area contributed by atoms with Gasteiger partial charge in [-0.05, 0) is 38.1 Å². The van der Waals surface area contributed by atoms with Crippen molar-refractivity contribution in [2.75, 3.05) is 33.7 Å². The smallest absolute Gasteiger partial charge is 0.281 e. The Kier molecular flexibility index (Phi) is 5.86. The summed E-state index contributed by atoms with van der Waals surface area (Å²) in [6, 6.07) is 0.624. The Morgan fingerprint density at radius 1 is 1.17 bits per heavy atom. The lowest BCUT2D eigenvalue weighted by Crippen LogP contribution is -2.47. The molecule has 2 fully saturated rings. The molecule has 0 bridgehead atoms. The topological polar surface area (TPSA) is 52.7 Å². The first kappa shape index (κ1) is 16.2. The molecule has 5 nitrogen and oxygen atoms in total. The first-order valence-electron chi connectivity index (χ1n) is 6.43. The van der Waals surface area contributed by atoms with E-state index < -0.39 is 10.2 Å². The van der Waals surface area contributed by atoms with E-state index in [-0.39, 0.29) is 12.4 Å². The molecule has 1 N–H and O–H groups in total. The van der Waals surface area contributed by atoms with Gasteiger partial charge in [0.1, 0.15) is 0 Å². The molecule has 2 aliphatic rings. The van der Waals surface area contributed by atoms with Crippen LogP contribution in [0.3, 0.4) is 0 Å². The molecule has 2 heterocycles. The summed E-state index contributed by atoms with van der Waals surface area (Å²) >= 11 is 0. The van der Waals surface area contributed by atoms with Crippen molar-refractivity contribution >= 4 is 22.6 Å². The number of nitrogens with zero attached hydrogens (tertiary/aromatic N) is 2. The molecule has 1 atom stereocenters. The molecule has 0 saturated carbocycles. The number of rotatable bonds is 3. The normalized spacial score (nSPS) is 27.4. The van der Waals surface area contributed by atoms with Crippen LogP contribution < -0.4 is 5.32 Å². The zero-order valence-corrected chi connectivity index (χ0v) is 12.8. The average molecular weight is 298 g/mol. The Balaban J connectivity index is 0.00000162. The maximum Gasteiger partial charge on any atom is 0.281 e. The zero-order chi connectivity index (χ0) is 12.5. The third kappa shape index (κ3) is 3.36. The van der Waals surface area contributed by atoms with Crippen LogP contribution in [-0.4, -0.2) is 56.8 Å². The first-order chi connectivity index (χ1) is 8.01. The van der Waals surface area contributed by atoms with Gasteiger partial charge in [-0.2, -0.15) is 17.0 Å². The second kappa shape index (κ2) is 6.52. The van der Waals surface area contributed by atoms with Crippen LogP contribution in [-0.2, 0) is 10.2 Å². The highest BCUT2D eigenvalue weighted by molar-refractivity contribution is 7.86. The second-order valence-electron chi connectivity index (χ2n) is 5.23. The summed E-state index contributed by atoms with van der Waals surface area (Å²) in [4.78, 5) is 0. The van der Waals surface area contributed by atoms with E-state index >= 15 is 0 Å². The van der Waals surface area contributed by atoms with Crippen LogP contribution in [0.15, 0.2) is 0 Å². The highest BCUT2D eigenvalue weighted by Crippen LogP contribution is 2.27. The molecule has 0 aromatic heterocycles. The van der Waals surface area contributed by atoms with Gasteiger partial charge in [-0.25, -0.2) is 0 Å². The van der Waals surface area contributed by atoms with Gasteiger partial charge in [-0.3, -0.25) is 0 Å². The minimum Gasteiger partial charge on any atom is -0.314 e. The van der Waals surface area contributed by atoms with Gasteiger partial charge < -0.3 is 5.32 Å². The number of nitrogens with one attached hydrogen (secondary N) is 1. The minimum atomic E-state index is -3.20. The maximum absolute atomic E-state index is 11.9. The molecule has 0 aromatic rings. The quantitative estimate of drug-likeness (QED) is 0.833. The van der Waals surface area contributed by atoms with Gasteiger partial charge in [0, 0.05) is 33.2 Å². The summed E-state index contributed by atoms with van der Waals surface area (Å²) in [6.45, 7) is 2.47. The van der Waals surface area contributed by atoms with Crippen LogP contribution in [0.1, 0.15) is 25.7 Å². The molecule has 18 heavy (non-hydrogen) atoms. The van der Waals surface area contributed by atoms with Crippen molar-refractivity contribution in [2.45, 2.75) is 31.7 Å². The van der Waals surface area contributed by atoms with E-state index in [0.717, 1.165) is 19.4 Å². The molecule has 2 saturated heterocycles. The van der Waals surface area contributed by atoms with Crippen molar-refractivity contribution in [3.05, 3.63) is 0 Å². The Hall–Kier alpha value is 0.120. The van der Waals surface area contributed by atoms with Gasteiger partial charge in [-0.1, -0.05) is 0 Å². The van der Waals surface area contributed by atoms with Crippen molar-refractivity contribution in [1.82, 2.24) is 13.9 Å². The Morgan fingerprint density at radius 3 is 2.22 bits per heavy atom. The number of halogens is 1. The highest BCUT2D eigenvalue weighted by Gasteiger charge is 2.33. The third-order valence-electron chi connectivity index (χ3n) is 3.95. The van der Waals surface area contributed by atoms with Gasteiger partial charge in [-0.15, -0.1) is 12.4 Å². The lowest BCUT2D eigenvalue weighted by atomic mass is 9.89. The van der Waals surface area contributed by atoms with Crippen molar-refractivity contribution in [2.24, 2.45) is 5.92 Å². The van der Waals surface area contributed by atoms with Crippen molar-refractivity contribution in [1.29, 1.82) is 0 Å². The summed E-state index contributed by atoms with van der Waals surface area (Å²) in [6.07, 6.45) is 4.50. The molecule has 2 aliphatic heterocycles. The molecule has 0 spiro atoms. The third-order valence-corrected chi connectivity index (χ3v) is 5.89. The van der Waals surface area contributed by atoms with Crippen LogP contribution >= 0.6 is 12.4 Å². The van der Waals surface area contributed by atoms with Crippen LogP contribution in [0.4, 0.5) is 0 Å². The van der Waals surface area contributed by atoms with Gasteiger partial charge >= 0.3 is 0 Å². The standard InChI is InChI=1S/C11H23N3O2S.ClH/c1-13(2)17(15,16)14-8-5-10(6-9-14)11-4-3-7-12-11;/h10-12H,3-9H2,1-2H3;1H. The molecule has 2 rings (SSSR count). The van der Waals surface area contributed by atoms with E-state index in [4.69, 9.17) is 0 Å². The van der Waals surface area contributed by atoms with Crippen LogP contribution in [0.25, 0.3) is 0 Å². The summed E-state index contributed by atoms with van der Waals surface area (Å²) in [5.41, 5.74) is 0. The SMILES string of the molecule is CN(C)S(=O)(=O)N1CCC(C2CCCN2)CC1.Cl. The monoisotopic (exact) mass is 297 g/mol. The highest BCUT2D eigenvalue weighted by atomic mass is 35.5. The Labute approximate surface area is 116 Å². The lowest BCUT2D eigenvalue weighted by Gasteiger charge is -2.35. The van der Waals surface area contributed by atoms with E-state index in [9.17, 15) is 8.42 Å². The summed E-state index contributed by atoms with van der Waals surface area (Å²) < 4.78 is 26.8. The lowest BCUT2D eigenvalue weighted by molar-refractivity contribution is 0.227. The predicted molar refractivity (Wildman–Crippen MR) is 75.2 cm³/mol. The summed E-state index contributed by atoms with van der Waals surface area (Å²) in [7, 11) is -0.00630. The molecule has 0 aromatic carbocycles. The van der Waals surface area contributed by atoms with Gasteiger partial charge in [0.2, 0.25) is 0 Å². The fourth-order valence-corrected chi connectivity index (χ4v) is 3.99. The molecule has 108 valence electrons. The van der Waals surface area contributed by atoms with E-state index in [1.807, 2.05) is 0 Å². The van der Waals surface area contributed by atoms with Gasteiger partial charge in [0.05, 0.1) is 0 Å². The van der Waals surface area contributed by atoms with E-state index in [1.165, 1.54) is 17.1 Å². The molecule has 7 heteroatoms. The fourth-order valence-electron chi connectivity index (χ4n) is 2.85. The van der Waals surface area contributed by atoms with Gasteiger partial charge in [0.25, 0.3) is 10.2 Å². The number of piperidine rings is 1. The molecule has 0 amide bonds. The van der Waals surface area contributed by atoms with E-state index in [0.29, 0.717) is 25.0 Å². The summed E-state index contributed by atoms with van der Waals surface area (Å²) in [5, 5.41) is 3.52. The van der Waals surface area contributed by atoms with Crippen LogP contribution in [0, 0.1) is 5.92 Å². The second-order valence-corrected chi connectivity index (χ2v) is 7.37. The molecule has 0 radical (unpaired) electrons. The number of hydrogen-bond donors (Lipinski definition) is 1. The van der Waals surface area contributed by atoms with Crippen molar-refractivity contribution in [3.63, 3.8) is 0 Å². The average Bonchev–Trinajstić information content (AvgIpc) is 2.82. The van der Waals surface area contributed by atoms with Crippen molar-refractivity contribution in [3.8, 4) is 0 Å².